The highest BCUT2D eigenvalue weighted by atomic mass is 35.5. The fraction of sp³-hybridized carbons (Fsp3) is 0.240. The van der Waals surface area contributed by atoms with Crippen LogP contribution in [0.1, 0.15) is 27.0 Å². The van der Waals surface area contributed by atoms with Gasteiger partial charge >= 0.3 is 6.36 Å². The number of amides is 1. The number of rotatable bonds is 5. The monoisotopic (exact) mass is 474 g/mol. The molecule has 0 atom stereocenters. The Morgan fingerprint density at radius 1 is 1.06 bits per heavy atom. The number of ether oxygens (including phenoxy) is 1. The fourth-order valence-corrected chi connectivity index (χ4v) is 4.33. The number of anilines is 1. The first-order chi connectivity index (χ1) is 15.5. The quantitative estimate of drug-likeness (QED) is 0.427. The second kappa shape index (κ2) is 8.63. The summed E-state index contributed by atoms with van der Waals surface area (Å²) in [6.07, 6.45) is -4.74. The zero-order valence-electron chi connectivity index (χ0n) is 18.3. The van der Waals surface area contributed by atoms with Crippen LogP contribution >= 0.6 is 11.6 Å². The molecule has 33 heavy (non-hydrogen) atoms. The van der Waals surface area contributed by atoms with E-state index in [1.165, 1.54) is 24.3 Å². The van der Waals surface area contributed by atoms with Crippen LogP contribution in [0, 0.1) is 6.92 Å². The van der Waals surface area contributed by atoms with Crippen LogP contribution in [0.5, 0.6) is 5.75 Å². The molecule has 0 aromatic heterocycles. The van der Waals surface area contributed by atoms with Crippen LogP contribution in [0.2, 0.25) is 5.02 Å². The van der Waals surface area contributed by atoms with Crippen LogP contribution in [-0.2, 0) is 13.1 Å². The fourth-order valence-electron chi connectivity index (χ4n) is 4.01. The largest absolute Gasteiger partial charge is 0.573 e. The highest BCUT2D eigenvalue weighted by Crippen LogP contribution is 2.36. The van der Waals surface area contributed by atoms with Gasteiger partial charge in [0.25, 0.3) is 5.91 Å². The summed E-state index contributed by atoms with van der Waals surface area (Å²) in [6, 6.07) is 15.5. The Bertz CT molecular complexity index is 1210. The Morgan fingerprint density at radius 2 is 1.76 bits per heavy atom. The summed E-state index contributed by atoms with van der Waals surface area (Å²) in [6.45, 7) is 2.66. The van der Waals surface area contributed by atoms with E-state index in [9.17, 15) is 18.0 Å². The number of halogens is 4. The smallest absolute Gasteiger partial charge is 0.406 e. The minimum atomic E-state index is -4.74. The van der Waals surface area contributed by atoms with Gasteiger partial charge in [-0.1, -0.05) is 29.8 Å². The van der Waals surface area contributed by atoms with Gasteiger partial charge in [0.1, 0.15) is 5.75 Å². The SMILES string of the molecule is Cc1cc(N(C)C)ccc1-c1cc(Cl)c2c(c1)CN(Cc1ccc(OC(F)(F)F)cc1)C2=O. The Kier molecular flexibility index (Phi) is 6.01. The molecule has 0 radical (unpaired) electrons. The second-order valence-electron chi connectivity index (χ2n) is 8.24. The number of nitrogens with zero attached hydrogens (tertiary/aromatic N) is 2. The van der Waals surface area contributed by atoms with E-state index < -0.39 is 6.36 Å². The number of aryl methyl sites for hydroxylation is 1. The molecule has 3 aromatic rings. The van der Waals surface area contributed by atoms with Gasteiger partial charge in [-0.15, -0.1) is 13.2 Å². The van der Waals surface area contributed by atoms with E-state index in [1.54, 1.807) is 4.90 Å². The van der Waals surface area contributed by atoms with Gasteiger partial charge in [-0.3, -0.25) is 4.79 Å². The molecule has 0 spiro atoms. The standard InChI is InChI=1S/C25H22ClF3N2O2/c1-15-10-19(30(2)3)6-9-21(15)17-11-18-14-31(24(32)23(18)22(26)12-17)13-16-4-7-20(8-5-16)33-25(27,28)29/h4-12H,13-14H2,1-3H3. The molecule has 0 fully saturated rings. The van der Waals surface area contributed by atoms with Crippen LogP contribution < -0.4 is 9.64 Å². The second-order valence-corrected chi connectivity index (χ2v) is 8.65. The van der Waals surface area contributed by atoms with Crippen molar-refractivity contribution in [3.05, 3.63) is 81.9 Å². The first kappa shape index (κ1) is 23.0. The number of hydrogen-bond acceptors (Lipinski definition) is 3. The molecule has 8 heteroatoms. The van der Waals surface area contributed by atoms with Gasteiger partial charge in [0.15, 0.2) is 0 Å². The molecule has 0 saturated carbocycles. The number of hydrogen-bond donors (Lipinski definition) is 0. The third-order valence-corrected chi connectivity index (χ3v) is 5.90. The third kappa shape index (κ3) is 4.93. The van der Waals surface area contributed by atoms with Crippen LogP contribution in [0.3, 0.4) is 0 Å². The van der Waals surface area contributed by atoms with E-state index >= 15 is 0 Å². The number of fused-ring (bicyclic) bond motifs is 1. The van der Waals surface area contributed by atoms with Gasteiger partial charge < -0.3 is 14.5 Å². The van der Waals surface area contributed by atoms with Crippen LogP contribution in [-0.4, -0.2) is 31.3 Å². The summed E-state index contributed by atoms with van der Waals surface area (Å²) in [7, 11) is 3.97. The molecule has 0 unspecified atom stereocenters. The van der Waals surface area contributed by atoms with Gasteiger partial charge in [-0.25, -0.2) is 0 Å². The molecule has 1 aliphatic heterocycles. The Hall–Kier alpha value is -3.19. The van der Waals surface area contributed by atoms with Crippen LogP contribution in [0.4, 0.5) is 18.9 Å². The minimum absolute atomic E-state index is 0.197. The van der Waals surface area contributed by atoms with E-state index in [0.717, 1.165) is 27.9 Å². The zero-order chi connectivity index (χ0) is 23.9. The molecule has 0 bridgehead atoms. The topological polar surface area (TPSA) is 32.8 Å². The molecule has 4 nitrogen and oxygen atoms in total. The van der Waals surface area contributed by atoms with Crippen LogP contribution in [0.15, 0.2) is 54.6 Å². The van der Waals surface area contributed by atoms with Crippen molar-refractivity contribution in [1.82, 2.24) is 4.90 Å². The van der Waals surface area contributed by atoms with Crippen molar-refractivity contribution in [2.24, 2.45) is 0 Å². The first-order valence-electron chi connectivity index (χ1n) is 10.3. The maximum absolute atomic E-state index is 13.0. The summed E-state index contributed by atoms with van der Waals surface area (Å²) < 4.78 is 41.0. The van der Waals surface area contributed by atoms with Crippen molar-refractivity contribution >= 4 is 23.2 Å². The summed E-state index contributed by atoms with van der Waals surface area (Å²) in [5.74, 6) is -0.498. The highest BCUT2D eigenvalue weighted by Gasteiger charge is 2.32. The lowest BCUT2D eigenvalue weighted by molar-refractivity contribution is -0.274. The van der Waals surface area contributed by atoms with Crippen molar-refractivity contribution in [3.63, 3.8) is 0 Å². The van der Waals surface area contributed by atoms with E-state index in [1.807, 2.05) is 50.2 Å². The average Bonchev–Trinajstić information content (AvgIpc) is 3.03. The summed E-state index contributed by atoms with van der Waals surface area (Å²) in [4.78, 5) is 16.6. The predicted molar refractivity (Wildman–Crippen MR) is 123 cm³/mol. The number of carbonyl (C=O) groups excluding carboxylic acids is 1. The van der Waals surface area contributed by atoms with Crippen LogP contribution in [0.25, 0.3) is 11.1 Å². The summed E-state index contributed by atoms with van der Waals surface area (Å²) >= 11 is 6.53. The predicted octanol–water partition coefficient (Wildman–Crippen LogP) is 6.44. The van der Waals surface area contributed by atoms with Gasteiger partial charge in [0.2, 0.25) is 0 Å². The van der Waals surface area contributed by atoms with E-state index in [-0.39, 0.29) is 18.2 Å². The van der Waals surface area contributed by atoms with Crippen molar-refractivity contribution in [1.29, 1.82) is 0 Å². The van der Waals surface area contributed by atoms with E-state index in [0.29, 0.717) is 22.7 Å². The average molecular weight is 475 g/mol. The Morgan fingerprint density at radius 3 is 2.36 bits per heavy atom. The maximum atomic E-state index is 13.0. The number of benzene rings is 3. The van der Waals surface area contributed by atoms with Gasteiger partial charge in [-0.05, 0) is 71.1 Å². The number of alkyl halides is 3. The lowest BCUT2D eigenvalue weighted by Crippen LogP contribution is -2.23. The molecule has 3 aromatic carbocycles. The van der Waals surface area contributed by atoms with Gasteiger partial charge in [-0.2, -0.15) is 0 Å². The summed E-state index contributed by atoms with van der Waals surface area (Å²) in [5.41, 5.74) is 6.16. The molecule has 0 N–H and O–H groups in total. The zero-order valence-corrected chi connectivity index (χ0v) is 19.1. The third-order valence-electron chi connectivity index (χ3n) is 5.60. The molecule has 1 heterocycles. The highest BCUT2D eigenvalue weighted by molar-refractivity contribution is 6.34. The molecular weight excluding hydrogens is 453 g/mol. The van der Waals surface area contributed by atoms with Crippen molar-refractivity contribution < 1.29 is 22.7 Å². The number of carbonyl (C=O) groups is 1. The molecule has 1 amide bonds. The lowest BCUT2D eigenvalue weighted by atomic mass is 9.96. The van der Waals surface area contributed by atoms with E-state index in [4.69, 9.17) is 11.6 Å². The van der Waals surface area contributed by atoms with Gasteiger partial charge in [0.05, 0.1) is 10.6 Å². The van der Waals surface area contributed by atoms with Crippen molar-refractivity contribution in [2.75, 3.05) is 19.0 Å². The Labute approximate surface area is 195 Å². The molecule has 172 valence electrons. The van der Waals surface area contributed by atoms with Crippen molar-refractivity contribution in [3.8, 4) is 16.9 Å². The molecule has 1 aliphatic rings. The molecule has 0 aliphatic carbocycles. The minimum Gasteiger partial charge on any atom is -0.406 e. The van der Waals surface area contributed by atoms with Gasteiger partial charge in [0, 0.05) is 32.9 Å². The van der Waals surface area contributed by atoms with E-state index in [2.05, 4.69) is 10.8 Å². The molecular formula is C25H22ClF3N2O2. The maximum Gasteiger partial charge on any atom is 0.573 e. The molecule has 4 rings (SSSR count). The first-order valence-corrected chi connectivity index (χ1v) is 10.6. The summed E-state index contributed by atoms with van der Waals surface area (Å²) in [5, 5.41) is 0.389. The Balaban J connectivity index is 1.55. The molecule has 0 saturated heterocycles. The normalized spacial score (nSPS) is 13.3. The van der Waals surface area contributed by atoms with Crippen molar-refractivity contribution in [2.45, 2.75) is 26.4 Å². The lowest BCUT2D eigenvalue weighted by Gasteiger charge is -2.16.